The van der Waals surface area contributed by atoms with Crippen LogP contribution in [0.15, 0.2) is 42.6 Å². The molecule has 7 heteroatoms. The molecule has 148 valence electrons. The summed E-state index contributed by atoms with van der Waals surface area (Å²) in [5.74, 6) is -0.201. The summed E-state index contributed by atoms with van der Waals surface area (Å²) < 4.78 is 3.70. The van der Waals surface area contributed by atoms with Gasteiger partial charge in [-0.25, -0.2) is 14.3 Å². The van der Waals surface area contributed by atoms with Crippen LogP contribution in [0, 0.1) is 20.8 Å². The Morgan fingerprint density at radius 2 is 1.79 bits per heavy atom. The lowest BCUT2D eigenvalue weighted by molar-refractivity contribution is 0.102. The lowest BCUT2D eigenvalue weighted by atomic mass is 10.1. The summed E-state index contributed by atoms with van der Waals surface area (Å²) >= 11 is 0. The van der Waals surface area contributed by atoms with Crippen molar-refractivity contribution < 1.29 is 4.79 Å². The number of pyridine rings is 1. The number of carbonyl (C=O) groups is 1. The number of hydrogen-bond acceptors (Lipinski definition) is 4. The first-order chi connectivity index (χ1) is 13.9. The van der Waals surface area contributed by atoms with E-state index in [1.165, 1.54) is 0 Å². The number of aromatic nitrogens is 5. The highest BCUT2D eigenvalue weighted by Crippen LogP contribution is 2.25. The van der Waals surface area contributed by atoms with Crippen molar-refractivity contribution in [1.29, 1.82) is 0 Å². The van der Waals surface area contributed by atoms with Crippen LogP contribution in [0.1, 0.15) is 47.3 Å². The Hall–Kier alpha value is -3.48. The van der Waals surface area contributed by atoms with Crippen molar-refractivity contribution in [2.75, 3.05) is 5.32 Å². The topological polar surface area (TPSA) is 77.6 Å². The van der Waals surface area contributed by atoms with E-state index in [9.17, 15) is 4.79 Å². The van der Waals surface area contributed by atoms with Crippen molar-refractivity contribution in [3.63, 3.8) is 0 Å². The van der Waals surface area contributed by atoms with Gasteiger partial charge in [0.15, 0.2) is 5.65 Å². The molecule has 0 radical (unpaired) electrons. The molecule has 0 bridgehead atoms. The number of nitrogens with zero attached hydrogens (tertiary/aromatic N) is 5. The second kappa shape index (κ2) is 7.16. The molecule has 3 aromatic heterocycles. The predicted molar refractivity (Wildman–Crippen MR) is 114 cm³/mol. The second-order valence-corrected chi connectivity index (χ2v) is 7.46. The number of anilines is 1. The molecule has 29 heavy (non-hydrogen) atoms. The summed E-state index contributed by atoms with van der Waals surface area (Å²) in [6.45, 7) is 9.80. The van der Waals surface area contributed by atoms with Crippen LogP contribution in [0.3, 0.4) is 0 Å². The van der Waals surface area contributed by atoms with Crippen molar-refractivity contribution in [2.24, 2.45) is 0 Å². The number of hydrogen-bond donors (Lipinski definition) is 1. The molecule has 0 aliphatic heterocycles. The van der Waals surface area contributed by atoms with E-state index < -0.39 is 0 Å². The van der Waals surface area contributed by atoms with Crippen LogP contribution in [0.2, 0.25) is 0 Å². The smallest absolute Gasteiger partial charge is 0.257 e. The van der Waals surface area contributed by atoms with Crippen LogP contribution in [-0.2, 0) is 0 Å². The Labute approximate surface area is 169 Å². The van der Waals surface area contributed by atoms with Crippen LogP contribution >= 0.6 is 0 Å². The van der Waals surface area contributed by atoms with Crippen molar-refractivity contribution >= 4 is 22.6 Å². The van der Waals surface area contributed by atoms with E-state index in [-0.39, 0.29) is 11.9 Å². The number of aryl methyl sites for hydroxylation is 2. The first-order valence-corrected chi connectivity index (χ1v) is 9.64. The van der Waals surface area contributed by atoms with Gasteiger partial charge in [-0.05, 0) is 52.8 Å². The normalized spacial score (nSPS) is 11.4. The molecule has 3 heterocycles. The zero-order valence-corrected chi connectivity index (χ0v) is 17.3. The van der Waals surface area contributed by atoms with E-state index in [0.29, 0.717) is 11.3 Å². The lowest BCUT2D eigenvalue weighted by Gasteiger charge is -2.10. The SMILES string of the molecule is Cc1nc2c(cnn2C(C)C)cc1C(=O)Nc1c(C)nn(-c2ccccc2)c1C. The Bertz CT molecular complexity index is 1200. The van der Waals surface area contributed by atoms with Gasteiger partial charge in [-0.1, -0.05) is 18.2 Å². The zero-order valence-electron chi connectivity index (χ0n) is 17.3. The third kappa shape index (κ3) is 3.29. The standard InChI is InChI=1S/C22H24N6O/c1-13(2)27-21-17(12-23-27)11-19(14(3)24-21)22(29)25-20-15(4)26-28(16(20)5)18-9-7-6-8-10-18/h6-13H,1-5H3,(H,25,29). The maximum atomic E-state index is 13.1. The molecule has 0 fully saturated rings. The fraction of sp³-hybridized carbons (Fsp3) is 0.273. The highest BCUT2D eigenvalue weighted by Gasteiger charge is 2.19. The van der Waals surface area contributed by atoms with Crippen molar-refractivity contribution in [3.8, 4) is 5.69 Å². The molecular formula is C22H24N6O. The fourth-order valence-corrected chi connectivity index (χ4v) is 3.50. The first-order valence-electron chi connectivity index (χ1n) is 9.64. The van der Waals surface area contributed by atoms with Crippen molar-refractivity contribution in [1.82, 2.24) is 24.5 Å². The van der Waals surface area contributed by atoms with Gasteiger partial charge in [-0.3, -0.25) is 4.79 Å². The van der Waals surface area contributed by atoms with Gasteiger partial charge in [0.05, 0.1) is 40.2 Å². The molecule has 0 unspecified atom stereocenters. The van der Waals surface area contributed by atoms with Crippen molar-refractivity contribution in [2.45, 2.75) is 40.7 Å². The molecule has 1 N–H and O–H groups in total. The van der Waals surface area contributed by atoms with Gasteiger partial charge in [0.25, 0.3) is 5.91 Å². The molecule has 1 aromatic carbocycles. The fourth-order valence-electron chi connectivity index (χ4n) is 3.50. The van der Waals surface area contributed by atoms with Crippen LogP contribution in [0.4, 0.5) is 5.69 Å². The van der Waals surface area contributed by atoms with Gasteiger partial charge in [-0.2, -0.15) is 10.2 Å². The molecule has 4 aromatic rings. The maximum absolute atomic E-state index is 13.1. The molecule has 0 saturated carbocycles. The summed E-state index contributed by atoms with van der Waals surface area (Å²) in [4.78, 5) is 17.7. The Balaban J connectivity index is 1.68. The number of carbonyl (C=O) groups excluding carboxylic acids is 1. The molecule has 4 rings (SSSR count). The number of para-hydroxylation sites is 1. The monoisotopic (exact) mass is 388 g/mol. The third-order valence-electron chi connectivity index (χ3n) is 5.02. The van der Waals surface area contributed by atoms with Gasteiger partial charge < -0.3 is 5.32 Å². The maximum Gasteiger partial charge on any atom is 0.257 e. The van der Waals surface area contributed by atoms with Gasteiger partial charge >= 0.3 is 0 Å². The molecule has 0 atom stereocenters. The Morgan fingerprint density at radius 1 is 1.07 bits per heavy atom. The van der Waals surface area contributed by atoms with E-state index in [0.717, 1.165) is 33.8 Å². The molecule has 7 nitrogen and oxygen atoms in total. The zero-order chi connectivity index (χ0) is 20.7. The number of nitrogens with one attached hydrogen (secondary N) is 1. The van der Waals surface area contributed by atoms with Crippen LogP contribution < -0.4 is 5.32 Å². The van der Waals surface area contributed by atoms with Gasteiger partial charge in [0.2, 0.25) is 0 Å². The summed E-state index contributed by atoms with van der Waals surface area (Å²) in [5.41, 5.74) is 5.30. The molecule has 1 amide bonds. The summed E-state index contributed by atoms with van der Waals surface area (Å²) in [6, 6.07) is 11.9. The largest absolute Gasteiger partial charge is 0.319 e. The molecule has 0 aliphatic rings. The van der Waals surface area contributed by atoms with Crippen molar-refractivity contribution in [3.05, 3.63) is 65.2 Å². The average Bonchev–Trinajstić information content (AvgIpc) is 3.23. The molecular weight excluding hydrogens is 364 g/mol. The third-order valence-corrected chi connectivity index (χ3v) is 5.02. The van der Waals surface area contributed by atoms with E-state index in [1.807, 2.05) is 66.5 Å². The van der Waals surface area contributed by atoms with Crippen LogP contribution in [-0.4, -0.2) is 30.5 Å². The highest BCUT2D eigenvalue weighted by atomic mass is 16.1. The Kier molecular flexibility index (Phi) is 4.66. The Morgan fingerprint density at radius 3 is 2.48 bits per heavy atom. The highest BCUT2D eigenvalue weighted by molar-refractivity contribution is 6.07. The number of fused-ring (bicyclic) bond motifs is 1. The predicted octanol–water partition coefficient (Wildman–Crippen LogP) is 4.38. The summed E-state index contributed by atoms with van der Waals surface area (Å²) in [5, 5.41) is 12.9. The van der Waals surface area contributed by atoms with Gasteiger partial charge in [-0.15, -0.1) is 0 Å². The number of rotatable bonds is 4. The van der Waals surface area contributed by atoms with Gasteiger partial charge in [0.1, 0.15) is 0 Å². The number of amides is 1. The quantitative estimate of drug-likeness (QED) is 0.563. The second-order valence-electron chi connectivity index (χ2n) is 7.46. The molecule has 0 saturated heterocycles. The van der Waals surface area contributed by atoms with Crippen LogP contribution in [0.25, 0.3) is 16.7 Å². The minimum absolute atomic E-state index is 0.201. The van der Waals surface area contributed by atoms with Crippen LogP contribution in [0.5, 0.6) is 0 Å². The molecule has 0 aliphatic carbocycles. The minimum Gasteiger partial charge on any atom is -0.319 e. The van der Waals surface area contributed by atoms with E-state index in [4.69, 9.17) is 0 Å². The van der Waals surface area contributed by atoms with Gasteiger partial charge in [0, 0.05) is 11.4 Å². The molecule has 0 spiro atoms. The first kappa shape index (κ1) is 18.9. The minimum atomic E-state index is -0.201. The average molecular weight is 388 g/mol. The summed E-state index contributed by atoms with van der Waals surface area (Å²) in [7, 11) is 0. The van der Waals surface area contributed by atoms with E-state index >= 15 is 0 Å². The van der Waals surface area contributed by atoms with E-state index in [1.54, 1.807) is 6.20 Å². The number of benzene rings is 1. The lowest BCUT2D eigenvalue weighted by Crippen LogP contribution is -2.15. The summed E-state index contributed by atoms with van der Waals surface area (Å²) in [6.07, 6.45) is 1.75. The van der Waals surface area contributed by atoms with E-state index in [2.05, 4.69) is 34.3 Å².